The minimum atomic E-state index is -1.06. The van der Waals surface area contributed by atoms with Gasteiger partial charge < -0.3 is 15.7 Å². The van der Waals surface area contributed by atoms with Crippen molar-refractivity contribution in [2.24, 2.45) is 0 Å². The van der Waals surface area contributed by atoms with Gasteiger partial charge in [0.25, 0.3) is 0 Å². The van der Waals surface area contributed by atoms with Crippen molar-refractivity contribution < 1.29 is 14.7 Å². The van der Waals surface area contributed by atoms with Crippen LogP contribution in [0.1, 0.15) is 13.3 Å². The quantitative estimate of drug-likeness (QED) is 0.796. The lowest BCUT2D eigenvalue weighted by Gasteiger charge is -2.13. The van der Waals surface area contributed by atoms with E-state index in [2.05, 4.69) is 15.6 Å². The first-order valence-corrected chi connectivity index (χ1v) is 6.25. The van der Waals surface area contributed by atoms with Crippen molar-refractivity contribution in [2.75, 3.05) is 5.32 Å². The first-order chi connectivity index (χ1) is 9.60. The Morgan fingerprint density at radius 3 is 2.80 bits per heavy atom. The standard InChI is InChI=1S/C14H15N3O3/c1-2-11(13(18)19)17-14(20)16-10-7-9-5-3-4-6-12(9)15-8-10/h3-8,11H,2H2,1H3,(H,18,19)(H2,16,17,20). The van der Waals surface area contributed by atoms with Gasteiger partial charge in [-0.15, -0.1) is 0 Å². The Hall–Kier alpha value is -2.63. The van der Waals surface area contributed by atoms with Gasteiger partial charge in [0.1, 0.15) is 6.04 Å². The number of para-hydroxylation sites is 1. The molecule has 3 N–H and O–H groups in total. The number of pyridine rings is 1. The number of nitrogens with one attached hydrogen (secondary N) is 2. The zero-order valence-corrected chi connectivity index (χ0v) is 11.0. The highest BCUT2D eigenvalue weighted by molar-refractivity contribution is 5.94. The maximum atomic E-state index is 11.7. The molecule has 0 saturated heterocycles. The molecule has 20 heavy (non-hydrogen) atoms. The summed E-state index contributed by atoms with van der Waals surface area (Å²) >= 11 is 0. The molecule has 6 heteroatoms. The van der Waals surface area contributed by atoms with Crippen LogP contribution in [0.4, 0.5) is 10.5 Å². The number of hydrogen-bond acceptors (Lipinski definition) is 3. The largest absolute Gasteiger partial charge is 0.480 e. The van der Waals surface area contributed by atoms with Crippen molar-refractivity contribution in [3.05, 3.63) is 36.5 Å². The highest BCUT2D eigenvalue weighted by atomic mass is 16.4. The van der Waals surface area contributed by atoms with E-state index < -0.39 is 18.0 Å². The van der Waals surface area contributed by atoms with Crippen molar-refractivity contribution >= 4 is 28.6 Å². The second-order valence-corrected chi connectivity index (χ2v) is 4.31. The van der Waals surface area contributed by atoms with E-state index in [1.807, 2.05) is 24.3 Å². The fourth-order valence-electron chi connectivity index (χ4n) is 1.80. The summed E-state index contributed by atoms with van der Waals surface area (Å²) < 4.78 is 0. The van der Waals surface area contributed by atoms with E-state index >= 15 is 0 Å². The third kappa shape index (κ3) is 3.23. The van der Waals surface area contributed by atoms with E-state index in [9.17, 15) is 9.59 Å². The number of fused-ring (bicyclic) bond motifs is 1. The second-order valence-electron chi connectivity index (χ2n) is 4.31. The molecule has 0 fully saturated rings. The van der Waals surface area contributed by atoms with Crippen LogP contribution in [0.3, 0.4) is 0 Å². The molecule has 2 rings (SSSR count). The average Bonchev–Trinajstić information content (AvgIpc) is 2.44. The number of aromatic nitrogens is 1. The van der Waals surface area contributed by atoms with Gasteiger partial charge >= 0.3 is 12.0 Å². The molecule has 0 aliphatic rings. The molecular weight excluding hydrogens is 258 g/mol. The van der Waals surface area contributed by atoms with Crippen LogP contribution < -0.4 is 10.6 Å². The summed E-state index contributed by atoms with van der Waals surface area (Å²) in [7, 11) is 0. The topological polar surface area (TPSA) is 91.3 Å². The molecule has 0 bridgehead atoms. The number of amides is 2. The van der Waals surface area contributed by atoms with Crippen molar-refractivity contribution in [3.8, 4) is 0 Å². The molecule has 6 nitrogen and oxygen atoms in total. The molecule has 1 unspecified atom stereocenters. The number of benzene rings is 1. The molecular formula is C14H15N3O3. The lowest BCUT2D eigenvalue weighted by atomic mass is 10.2. The normalized spacial score (nSPS) is 11.8. The van der Waals surface area contributed by atoms with Crippen LogP contribution in [-0.4, -0.2) is 28.1 Å². The van der Waals surface area contributed by atoms with E-state index in [1.165, 1.54) is 6.20 Å². The Balaban J connectivity index is 2.07. The van der Waals surface area contributed by atoms with Crippen LogP contribution >= 0.6 is 0 Å². The number of anilines is 1. The van der Waals surface area contributed by atoms with Gasteiger partial charge in [0.2, 0.25) is 0 Å². The van der Waals surface area contributed by atoms with E-state index in [-0.39, 0.29) is 0 Å². The molecule has 1 aromatic carbocycles. The van der Waals surface area contributed by atoms with Gasteiger partial charge in [0.15, 0.2) is 0 Å². The van der Waals surface area contributed by atoms with Gasteiger partial charge in [-0.3, -0.25) is 4.98 Å². The molecule has 0 spiro atoms. The fraction of sp³-hybridized carbons (Fsp3) is 0.214. The Morgan fingerprint density at radius 2 is 2.10 bits per heavy atom. The summed E-state index contributed by atoms with van der Waals surface area (Å²) in [6, 6.07) is 7.84. The number of hydrogen-bond donors (Lipinski definition) is 3. The first kappa shape index (κ1) is 13.8. The molecule has 1 atom stereocenters. The van der Waals surface area contributed by atoms with Crippen LogP contribution in [-0.2, 0) is 4.79 Å². The molecule has 0 aliphatic heterocycles. The molecule has 2 amide bonds. The number of carbonyl (C=O) groups excluding carboxylic acids is 1. The minimum Gasteiger partial charge on any atom is -0.480 e. The van der Waals surface area contributed by atoms with E-state index in [0.717, 1.165) is 10.9 Å². The van der Waals surface area contributed by atoms with Gasteiger partial charge in [-0.25, -0.2) is 9.59 Å². The van der Waals surface area contributed by atoms with E-state index in [4.69, 9.17) is 5.11 Å². The van der Waals surface area contributed by atoms with Gasteiger partial charge in [0, 0.05) is 5.39 Å². The number of carboxylic acid groups (broad SMARTS) is 1. The second kappa shape index (κ2) is 6.01. The number of carbonyl (C=O) groups is 2. The fourth-order valence-corrected chi connectivity index (χ4v) is 1.80. The van der Waals surface area contributed by atoms with E-state index in [0.29, 0.717) is 12.1 Å². The first-order valence-electron chi connectivity index (χ1n) is 6.25. The molecule has 104 valence electrons. The van der Waals surface area contributed by atoms with Crippen LogP contribution in [0, 0.1) is 0 Å². The number of nitrogens with zero attached hydrogens (tertiary/aromatic N) is 1. The van der Waals surface area contributed by atoms with Crippen molar-refractivity contribution in [2.45, 2.75) is 19.4 Å². The Kier molecular flexibility index (Phi) is 4.14. The van der Waals surface area contributed by atoms with Gasteiger partial charge in [-0.05, 0) is 18.6 Å². The molecule has 1 heterocycles. The lowest BCUT2D eigenvalue weighted by Crippen LogP contribution is -2.42. The lowest BCUT2D eigenvalue weighted by molar-refractivity contribution is -0.139. The Bertz CT molecular complexity index is 642. The maximum Gasteiger partial charge on any atom is 0.326 e. The highest BCUT2D eigenvalue weighted by Crippen LogP contribution is 2.15. The summed E-state index contributed by atoms with van der Waals surface area (Å²) in [5.74, 6) is -1.06. The molecule has 0 saturated carbocycles. The van der Waals surface area contributed by atoms with E-state index in [1.54, 1.807) is 13.0 Å². The summed E-state index contributed by atoms with van der Waals surface area (Å²) in [5, 5.41) is 14.7. The monoisotopic (exact) mass is 273 g/mol. The summed E-state index contributed by atoms with van der Waals surface area (Å²) in [4.78, 5) is 26.8. The molecule has 0 aliphatic carbocycles. The van der Waals surface area contributed by atoms with Crippen molar-refractivity contribution in [1.29, 1.82) is 0 Å². The average molecular weight is 273 g/mol. The summed E-state index contributed by atoms with van der Waals surface area (Å²) in [6.45, 7) is 1.69. The maximum absolute atomic E-state index is 11.7. The zero-order valence-electron chi connectivity index (χ0n) is 11.0. The van der Waals surface area contributed by atoms with Crippen molar-refractivity contribution in [3.63, 3.8) is 0 Å². The van der Waals surface area contributed by atoms with Gasteiger partial charge in [-0.1, -0.05) is 25.1 Å². The Morgan fingerprint density at radius 1 is 1.35 bits per heavy atom. The number of aliphatic carboxylic acids is 1. The number of carboxylic acids is 1. The predicted molar refractivity (Wildman–Crippen MR) is 75.6 cm³/mol. The molecule has 2 aromatic rings. The summed E-state index contributed by atoms with van der Waals surface area (Å²) in [5.41, 5.74) is 1.34. The predicted octanol–water partition coefficient (Wildman–Crippen LogP) is 2.22. The highest BCUT2D eigenvalue weighted by Gasteiger charge is 2.17. The zero-order chi connectivity index (χ0) is 14.5. The van der Waals surface area contributed by atoms with Crippen LogP contribution in [0.25, 0.3) is 10.9 Å². The molecule has 1 aromatic heterocycles. The van der Waals surface area contributed by atoms with Crippen molar-refractivity contribution in [1.82, 2.24) is 10.3 Å². The third-order valence-electron chi connectivity index (χ3n) is 2.86. The SMILES string of the molecule is CCC(NC(=O)Nc1cnc2ccccc2c1)C(=O)O. The number of rotatable bonds is 4. The smallest absolute Gasteiger partial charge is 0.326 e. The van der Waals surface area contributed by atoms with Gasteiger partial charge in [-0.2, -0.15) is 0 Å². The van der Waals surface area contributed by atoms with Gasteiger partial charge in [0.05, 0.1) is 17.4 Å². The summed E-state index contributed by atoms with van der Waals surface area (Å²) in [6.07, 6.45) is 1.85. The Labute approximate surface area is 115 Å². The number of urea groups is 1. The third-order valence-corrected chi connectivity index (χ3v) is 2.86. The van der Waals surface area contributed by atoms with Crippen LogP contribution in [0.15, 0.2) is 36.5 Å². The van der Waals surface area contributed by atoms with Crippen LogP contribution in [0.2, 0.25) is 0 Å². The minimum absolute atomic E-state index is 0.318. The molecule has 0 radical (unpaired) electrons. The van der Waals surface area contributed by atoms with Crippen LogP contribution in [0.5, 0.6) is 0 Å².